The van der Waals surface area contributed by atoms with Gasteiger partial charge in [0, 0.05) is 5.92 Å². The molecular weight excluding hydrogens is 211 g/mol. The fourth-order valence-electron chi connectivity index (χ4n) is 1.52. The van der Waals surface area contributed by atoms with Crippen molar-refractivity contribution in [3.63, 3.8) is 0 Å². The van der Waals surface area contributed by atoms with Gasteiger partial charge in [0.2, 0.25) is 0 Å². The minimum absolute atomic E-state index is 0.0191. The van der Waals surface area contributed by atoms with Crippen LogP contribution in [0.15, 0.2) is 24.3 Å². The van der Waals surface area contributed by atoms with E-state index in [1.165, 1.54) is 6.07 Å². The monoisotopic (exact) mass is 228 g/mol. The lowest BCUT2D eigenvalue weighted by atomic mass is 9.97. The van der Waals surface area contributed by atoms with E-state index in [1.54, 1.807) is 12.1 Å². The molecule has 1 N–H and O–H groups in total. The zero-order chi connectivity index (χ0) is 11.1. The summed E-state index contributed by atoms with van der Waals surface area (Å²) in [4.78, 5) is 0. The summed E-state index contributed by atoms with van der Waals surface area (Å²) in [6, 6.07) is 6.69. The van der Waals surface area contributed by atoms with Crippen LogP contribution in [0.3, 0.4) is 0 Å². The van der Waals surface area contributed by atoms with E-state index >= 15 is 0 Å². The summed E-state index contributed by atoms with van der Waals surface area (Å²) in [5, 5.41) is 9.23. The molecule has 0 aliphatic carbocycles. The highest BCUT2D eigenvalue weighted by atomic mass is 32.2. The molecular formula is C12H17FOS. The molecule has 1 aromatic rings. The highest BCUT2D eigenvalue weighted by molar-refractivity contribution is 7.99. The Morgan fingerprint density at radius 1 is 1.40 bits per heavy atom. The van der Waals surface area contributed by atoms with E-state index < -0.39 is 0 Å². The number of halogens is 1. The fraction of sp³-hybridized carbons (Fsp3) is 0.500. The van der Waals surface area contributed by atoms with E-state index in [4.69, 9.17) is 0 Å². The first kappa shape index (κ1) is 12.5. The summed E-state index contributed by atoms with van der Waals surface area (Å²) in [5.74, 6) is 1.76. The quantitative estimate of drug-likeness (QED) is 0.755. The van der Waals surface area contributed by atoms with Crippen molar-refractivity contribution >= 4 is 11.8 Å². The Kier molecular flexibility index (Phi) is 5.73. The van der Waals surface area contributed by atoms with Crippen molar-refractivity contribution in [2.45, 2.75) is 19.3 Å². The van der Waals surface area contributed by atoms with Gasteiger partial charge in [0.15, 0.2) is 0 Å². The molecule has 0 aliphatic heterocycles. The van der Waals surface area contributed by atoms with Gasteiger partial charge in [-0.1, -0.05) is 25.1 Å². The predicted octanol–water partition coefficient (Wildman–Crippen LogP) is 3.04. The maximum absolute atomic E-state index is 13.4. The van der Waals surface area contributed by atoms with Crippen LogP contribution in [-0.2, 0) is 0 Å². The third kappa shape index (κ3) is 3.84. The second-order valence-electron chi connectivity index (χ2n) is 3.39. The van der Waals surface area contributed by atoms with E-state index in [0.717, 1.165) is 17.9 Å². The second kappa shape index (κ2) is 6.85. The van der Waals surface area contributed by atoms with Crippen LogP contribution in [0.25, 0.3) is 0 Å². The van der Waals surface area contributed by atoms with Crippen molar-refractivity contribution in [3.05, 3.63) is 35.6 Å². The summed E-state index contributed by atoms with van der Waals surface area (Å²) in [5.41, 5.74) is 0.636. The number of hydrogen-bond donors (Lipinski definition) is 1. The first-order valence-electron chi connectivity index (χ1n) is 5.22. The summed E-state index contributed by atoms with van der Waals surface area (Å²) in [6.07, 6.45) is 0.829. The highest BCUT2D eigenvalue weighted by Gasteiger charge is 2.13. The van der Waals surface area contributed by atoms with Gasteiger partial charge in [-0.2, -0.15) is 11.8 Å². The fourth-order valence-corrected chi connectivity index (χ4v) is 2.26. The smallest absolute Gasteiger partial charge is 0.126 e. The number of thioether (sulfide) groups is 1. The largest absolute Gasteiger partial charge is 0.396 e. The Balaban J connectivity index is 2.61. The van der Waals surface area contributed by atoms with Crippen molar-refractivity contribution in [3.8, 4) is 0 Å². The molecule has 0 saturated carbocycles. The standard InChI is InChI=1S/C12H17FOS/c1-2-15-8-7-10(9-14)11-5-3-4-6-12(11)13/h3-6,10,14H,2,7-9H2,1H3. The number of aliphatic hydroxyl groups is 1. The lowest BCUT2D eigenvalue weighted by molar-refractivity contribution is 0.260. The average molecular weight is 228 g/mol. The minimum Gasteiger partial charge on any atom is -0.396 e. The van der Waals surface area contributed by atoms with Gasteiger partial charge in [-0.05, 0) is 29.6 Å². The zero-order valence-corrected chi connectivity index (χ0v) is 9.77. The number of hydrogen-bond acceptors (Lipinski definition) is 2. The lowest BCUT2D eigenvalue weighted by Gasteiger charge is -2.14. The molecule has 0 aliphatic rings. The van der Waals surface area contributed by atoms with Gasteiger partial charge >= 0.3 is 0 Å². The maximum Gasteiger partial charge on any atom is 0.126 e. The topological polar surface area (TPSA) is 20.2 Å². The van der Waals surface area contributed by atoms with E-state index in [-0.39, 0.29) is 18.3 Å². The molecule has 1 nitrogen and oxygen atoms in total. The van der Waals surface area contributed by atoms with Gasteiger partial charge in [-0.15, -0.1) is 0 Å². The van der Waals surface area contributed by atoms with E-state index in [2.05, 4.69) is 6.92 Å². The first-order chi connectivity index (χ1) is 7.29. The third-order valence-electron chi connectivity index (χ3n) is 2.38. The van der Waals surface area contributed by atoms with Gasteiger partial charge in [0.25, 0.3) is 0 Å². The number of benzene rings is 1. The molecule has 1 unspecified atom stereocenters. The van der Waals surface area contributed by atoms with Crippen LogP contribution >= 0.6 is 11.8 Å². The van der Waals surface area contributed by atoms with Gasteiger partial charge in [0.05, 0.1) is 6.61 Å². The van der Waals surface area contributed by atoms with E-state index in [9.17, 15) is 9.50 Å². The molecule has 0 amide bonds. The van der Waals surface area contributed by atoms with Crippen molar-refractivity contribution in [2.75, 3.05) is 18.1 Å². The Bertz CT molecular complexity index is 291. The van der Waals surface area contributed by atoms with Crippen LogP contribution in [0.5, 0.6) is 0 Å². The van der Waals surface area contributed by atoms with Crippen molar-refractivity contribution in [1.29, 1.82) is 0 Å². The summed E-state index contributed by atoms with van der Waals surface area (Å²) in [7, 11) is 0. The molecule has 0 radical (unpaired) electrons. The Labute approximate surface area is 94.7 Å². The zero-order valence-electron chi connectivity index (χ0n) is 8.95. The molecule has 1 atom stereocenters. The normalized spacial score (nSPS) is 12.7. The van der Waals surface area contributed by atoms with Gasteiger partial charge in [-0.3, -0.25) is 0 Å². The molecule has 84 valence electrons. The third-order valence-corrected chi connectivity index (χ3v) is 3.31. The molecule has 1 rings (SSSR count). The average Bonchev–Trinajstić information content (AvgIpc) is 2.26. The highest BCUT2D eigenvalue weighted by Crippen LogP contribution is 2.23. The van der Waals surface area contributed by atoms with Gasteiger partial charge in [-0.25, -0.2) is 4.39 Å². The van der Waals surface area contributed by atoms with Gasteiger partial charge in [0.1, 0.15) is 5.82 Å². The number of aliphatic hydroxyl groups excluding tert-OH is 1. The van der Waals surface area contributed by atoms with Crippen LogP contribution in [0.1, 0.15) is 24.8 Å². The molecule has 1 aromatic carbocycles. The Morgan fingerprint density at radius 2 is 2.13 bits per heavy atom. The summed E-state index contributed by atoms with van der Waals surface area (Å²) < 4.78 is 13.4. The van der Waals surface area contributed by atoms with Crippen LogP contribution in [-0.4, -0.2) is 23.2 Å². The minimum atomic E-state index is -0.210. The van der Waals surface area contributed by atoms with Crippen LogP contribution < -0.4 is 0 Å². The van der Waals surface area contributed by atoms with Crippen molar-refractivity contribution in [1.82, 2.24) is 0 Å². The molecule has 0 heterocycles. The maximum atomic E-state index is 13.4. The molecule has 0 saturated heterocycles. The van der Waals surface area contributed by atoms with Crippen molar-refractivity contribution in [2.24, 2.45) is 0 Å². The molecule has 3 heteroatoms. The molecule has 15 heavy (non-hydrogen) atoms. The SMILES string of the molecule is CCSCCC(CO)c1ccccc1F. The Morgan fingerprint density at radius 3 is 2.73 bits per heavy atom. The van der Waals surface area contributed by atoms with E-state index in [1.807, 2.05) is 17.8 Å². The first-order valence-corrected chi connectivity index (χ1v) is 6.38. The molecule has 0 aromatic heterocycles. The molecule has 0 spiro atoms. The summed E-state index contributed by atoms with van der Waals surface area (Å²) >= 11 is 1.82. The van der Waals surface area contributed by atoms with Crippen LogP contribution in [0, 0.1) is 5.82 Å². The predicted molar refractivity (Wildman–Crippen MR) is 63.8 cm³/mol. The second-order valence-corrected chi connectivity index (χ2v) is 4.78. The van der Waals surface area contributed by atoms with Crippen LogP contribution in [0.4, 0.5) is 4.39 Å². The van der Waals surface area contributed by atoms with Gasteiger partial charge < -0.3 is 5.11 Å². The van der Waals surface area contributed by atoms with Crippen LogP contribution in [0.2, 0.25) is 0 Å². The molecule has 0 fully saturated rings. The van der Waals surface area contributed by atoms with E-state index in [0.29, 0.717) is 5.56 Å². The number of rotatable bonds is 6. The van der Waals surface area contributed by atoms with Crippen molar-refractivity contribution < 1.29 is 9.50 Å². The Hall–Kier alpha value is -0.540. The summed E-state index contributed by atoms with van der Waals surface area (Å²) in [6.45, 7) is 2.12. The lowest BCUT2D eigenvalue weighted by Crippen LogP contribution is -2.07. The molecule has 0 bridgehead atoms.